The van der Waals surface area contributed by atoms with E-state index in [0.29, 0.717) is 0 Å². The Morgan fingerprint density at radius 1 is 1.45 bits per heavy atom. The summed E-state index contributed by atoms with van der Waals surface area (Å²) in [7, 11) is 1.97. The summed E-state index contributed by atoms with van der Waals surface area (Å²) in [5.41, 5.74) is 1.18. The smallest absolute Gasteiger partial charge is 0.0943 e. The molecule has 0 aromatic carbocycles. The molecule has 1 rings (SSSR count). The maximum Gasteiger partial charge on any atom is 0.0943 e. The van der Waals surface area contributed by atoms with Crippen LogP contribution in [0.2, 0.25) is 0 Å². The molecule has 0 amide bonds. The Hall–Kier alpha value is -0.410. The van der Waals surface area contributed by atoms with Gasteiger partial charge in [-0.2, -0.15) is 0 Å². The Kier molecular flexibility index (Phi) is 3.02. The molecule has 0 spiro atoms. The normalized spacial score (nSPS) is 10.5. The Labute approximate surface area is 71.7 Å². The fourth-order valence-corrected chi connectivity index (χ4v) is 1.81. The zero-order chi connectivity index (χ0) is 8.27. The number of nitrogens with zero attached hydrogens (tertiary/aromatic N) is 1. The molecule has 1 heterocycles. The maximum atomic E-state index is 4.43. The highest BCUT2D eigenvalue weighted by atomic mass is 32.1. The number of likely N-dealkylation sites (N-methyl/N-ethyl adjacent to an activating group) is 1. The minimum absolute atomic E-state index is 1.02. The third-order valence-electron chi connectivity index (χ3n) is 1.66. The van der Waals surface area contributed by atoms with E-state index in [9.17, 15) is 0 Å². The zero-order valence-electron chi connectivity index (χ0n) is 7.27. The van der Waals surface area contributed by atoms with Crippen LogP contribution >= 0.6 is 11.3 Å². The fourth-order valence-electron chi connectivity index (χ4n) is 0.878. The molecule has 1 N–H and O–H groups in total. The van der Waals surface area contributed by atoms with Crippen molar-refractivity contribution < 1.29 is 0 Å². The average molecular weight is 170 g/mol. The molecule has 62 valence electrons. The lowest BCUT2D eigenvalue weighted by molar-refractivity contribution is 0.786. The lowest BCUT2D eigenvalue weighted by Crippen LogP contribution is -2.09. The summed E-state index contributed by atoms with van der Waals surface area (Å²) >= 11 is 1.80. The van der Waals surface area contributed by atoms with Gasteiger partial charge in [-0.15, -0.1) is 11.3 Å². The van der Waals surface area contributed by atoms with Gasteiger partial charge in [-0.25, -0.2) is 4.98 Å². The second-order valence-electron chi connectivity index (χ2n) is 2.60. The Morgan fingerprint density at radius 2 is 2.18 bits per heavy atom. The molecule has 0 radical (unpaired) electrons. The van der Waals surface area contributed by atoms with Gasteiger partial charge in [0.05, 0.1) is 10.7 Å². The number of rotatable bonds is 3. The summed E-state index contributed by atoms with van der Waals surface area (Å²) in [5.74, 6) is 0. The molecule has 1 aromatic heterocycles. The number of aromatic nitrogens is 1. The zero-order valence-corrected chi connectivity index (χ0v) is 8.09. The Morgan fingerprint density at radius 3 is 2.64 bits per heavy atom. The summed E-state index contributed by atoms with van der Waals surface area (Å²) in [5, 5.41) is 4.36. The van der Waals surface area contributed by atoms with Crippen LogP contribution in [0.25, 0.3) is 0 Å². The molecule has 3 heteroatoms. The van der Waals surface area contributed by atoms with E-state index in [1.54, 1.807) is 11.3 Å². The third kappa shape index (κ3) is 2.27. The fraction of sp³-hybridized carbons (Fsp3) is 0.625. The van der Waals surface area contributed by atoms with Gasteiger partial charge in [-0.1, -0.05) is 0 Å². The van der Waals surface area contributed by atoms with Crippen LogP contribution in [0.5, 0.6) is 0 Å². The number of hydrogen-bond donors (Lipinski definition) is 1. The monoisotopic (exact) mass is 170 g/mol. The molecule has 0 saturated heterocycles. The maximum absolute atomic E-state index is 4.43. The van der Waals surface area contributed by atoms with Crippen molar-refractivity contribution in [2.24, 2.45) is 0 Å². The van der Waals surface area contributed by atoms with Gasteiger partial charge in [-0.05, 0) is 20.9 Å². The van der Waals surface area contributed by atoms with Gasteiger partial charge in [0.25, 0.3) is 0 Å². The van der Waals surface area contributed by atoms with Gasteiger partial charge < -0.3 is 5.32 Å². The highest BCUT2D eigenvalue weighted by Gasteiger charge is 2.01. The highest BCUT2D eigenvalue weighted by Crippen LogP contribution is 2.16. The number of thiazole rings is 1. The SMILES string of the molecule is CNCCc1nc(C)c(C)s1. The van der Waals surface area contributed by atoms with Crippen LogP contribution in [0.15, 0.2) is 0 Å². The average Bonchev–Trinajstić information content (AvgIpc) is 2.28. The molecule has 1 aromatic rings. The molecule has 0 atom stereocenters. The first-order valence-corrected chi connectivity index (χ1v) is 4.63. The van der Waals surface area contributed by atoms with Crippen molar-refractivity contribution in [1.82, 2.24) is 10.3 Å². The van der Waals surface area contributed by atoms with E-state index in [1.165, 1.54) is 15.6 Å². The standard InChI is InChI=1S/C8H14N2S/c1-6-7(2)11-8(10-6)4-5-9-3/h9H,4-5H2,1-3H3. The van der Waals surface area contributed by atoms with Crippen molar-refractivity contribution in [2.75, 3.05) is 13.6 Å². The number of hydrogen-bond acceptors (Lipinski definition) is 3. The first-order chi connectivity index (χ1) is 5.24. The first kappa shape index (κ1) is 8.68. The van der Waals surface area contributed by atoms with Crippen LogP contribution in [0.1, 0.15) is 15.6 Å². The van der Waals surface area contributed by atoms with Crippen LogP contribution in [0.4, 0.5) is 0 Å². The van der Waals surface area contributed by atoms with E-state index in [0.717, 1.165) is 13.0 Å². The number of aryl methyl sites for hydroxylation is 2. The lowest BCUT2D eigenvalue weighted by atomic mass is 10.4. The summed E-state index contributed by atoms with van der Waals surface area (Å²) in [6.07, 6.45) is 1.05. The van der Waals surface area contributed by atoms with Crippen molar-refractivity contribution in [2.45, 2.75) is 20.3 Å². The van der Waals surface area contributed by atoms with Gasteiger partial charge in [0.15, 0.2) is 0 Å². The van der Waals surface area contributed by atoms with E-state index >= 15 is 0 Å². The molecule has 0 unspecified atom stereocenters. The molecule has 0 aliphatic heterocycles. The molecular weight excluding hydrogens is 156 g/mol. The third-order valence-corrected chi connectivity index (χ3v) is 2.79. The minimum Gasteiger partial charge on any atom is -0.319 e. The highest BCUT2D eigenvalue weighted by molar-refractivity contribution is 7.11. The van der Waals surface area contributed by atoms with E-state index in [1.807, 2.05) is 7.05 Å². The molecule has 2 nitrogen and oxygen atoms in total. The topological polar surface area (TPSA) is 24.9 Å². The van der Waals surface area contributed by atoms with Gasteiger partial charge >= 0.3 is 0 Å². The van der Waals surface area contributed by atoms with Crippen LogP contribution < -0.4 is 5.32 Å². The molecule has 0 bridgehead atoms. The quantitative estimate of drug-likeness (QED) is 0.744. The van der Waals surface area contributed by atoms with Crippen molar-refractivity contribution in [3.8, 4) is 0 Å². The summed E-state index contributed by atoms with van der Waals surface area (Å²) in [6, 6.07) is 0. The minimum atomic E-state index is 1.02. The van der Waals surface area contributed by atoms with Gasteiger partial charge in [-0.3, -0.25) is 0 Å². The molecule has 0 saturated carbocycles. The van der Waals surface area contributed by atoms with E-state index in [2.05, 4.69) is 24.1 Å². The van der Waals surface area contributed by atoms with Crippen molar-refractivity contribution >= 4 is 11.3 Å². The molecule has 0 aliphatic carbocycles. The summed E-state index contributed by atoms with van der Waals surface area (Å²) in [6.45, 7) is 5.21. The van der Waals surface area contributed by atoms with E-state index < -0.39 is 0 Å². The van der Waals surface area contributed by atoms with Crippen molar-refractivity contribution in [3.63, 3.8) is 0 Å². The van der Waals surface area contributed by atoms with Crippen LogP contribution in [-0.4, -0.2) is 18.6 Å². The Balaban J connectivity index is 2.58. The number of nitrogens with one attached hydrogen (secondary N) is 1. The molecule has 11 heavy (non-hydrogen) atoms. The van der Waals surface area contributed by atoms with Gasteiger partial charge in [0, 0.05) is 17.8 Å². The van der Waals surface area contributed by atoms with Crippen molar-refractivity contribution in [3.05, 3.63) is 15.6 Å². The van der Waals surface area contributed by atoms with Gasteiger partial charge in [0.1, 0.15) is 0 Å². The van der Waals surface area contributed by atoms with Crippen LogP contribution in [0, 0.1) is 13.8 Å². The molecular formula is C8H14N2S. The Bertz CT molecular complexity index is 210. The van der Waals surface area contributed by atoms with Gasteiger partial charge in [0.2, 0.25) is 0 Å². The molecule has 0 aliphatic rings. The molecule has 0 fully saturated rings. The largest absolute Gasteiger partial charge is 0.319 e. The van der Waals surface area contributed by atoms with E-state index in [-0.39, 0.29) is 0 Å². The predicted molar refractivity (Wildman–Crippen MR) is 49.2 cm³/mol. The predicted octanol–water partition coefficient (Wildman–Crippen LogP) is 1.52. The van der Waals surface area contributed by atoms with E-state index in [4.69, 9.17) is 0 Å². The summed E-state index contributed by atoms with van der Waals surface area (Å²) < 4.78 is 0. The van der Waals surface area contributed by atoms with Crippen LogP contribution in [0.3, 0.4) is 0 Å². The lowest BCUT2D eigenvalue weighted by Gasteiger charge is -1.92. The summed E-state index contributed by atoms with van der Waals surface area (Å²) in [4.78, 5) is 5.77. The second kappa shape index (κ2) is 3.83. The first-order valence-electron chi connectivity index (χ1n) is 3.81. The second-order valence-corrected chi connectivity index (χ2v) is 3.89. The van der Waals surface area contributed by atoms with Crippen LogP contribution in [-0.2, 0) is 6.42 Å². The van der Waals surface area contributed by atoms with Crippen molar-refractivity contribution in [1.29, 1.82) is 0 Å².